The van der Waals surface area contributed by atoms with Gasteiger partial charge in [-0.3, -0.25) is 9.89 Å². The van der Waals surface area contributed by atoms with Gasteiger partial charge in [-0.2, -0.15) is 0 Å². The molecule has 1 atom stereocenters. The van der Waals surface area contributed by atoms with E-state index in [1.807, 2.05) is 72.5 Å². The lowest BCUT2D eigenvalue weighted by Crippen LogP contribution is -2.35. The summed E-state index contributed by atoms with van der Waals surface area (Å²) in [5.74, 6) is -0.0446. The molecule has 0 spiro atoms. The fourth-order valence-electron chi connectivity index (χ4n) is 3.36. The molecule has 1 amide bonds. The van der Waals surface area contributed by atoms with Crippen molar-refractivity contribution in [2.45, 2.75) is 30.4 Å². The van der Waals surface area contributed by atoms with Crippen LogP contribution < -0.4 is 0 Å². The van der Waals surface area contributed by atoms with Crippen LogP contribution in [0.1, 0.15) is 18.1 Å². The highest BCUT2D eigenvalue weighted by Crippen LogP contribution is 2.26. The SMILES string of the molecule is CC(Sc1n[nH]c(-c2ccccc2F)n1)C(=O)N(Cc1ccccc1)Cc1ccccc1. The Balaban J connectivity index is 1.49. The number of nitrogens with one attached hydrogen (secondary N) is 1. The summed E-state index contributed by atoms with van der Waals surface area (Å²) in [5.41, 5.74) is 2.48. The van der Waals surface area contributed by atoms with Gasteiger partial charge in [0.2, 0.25) is 11.1 Å². The second-order valence-corrected chi connectivity index (χ2v) is 8.68. The van der Waals surface area contributed by atoms with Gasteiger partial charge in [-0.25, -0.2) is 9.37 Å². The van der Waals surface area contributed by atoms with E-state index >= 15 is 0 Å². The van der Waals surface area contributed by atoms with Crippen molar-refractivity contribution in [3.8, 4) is 11.4 Å². The van der Waals surface area contributed by atoms with Crippen LogP contribution >= 0.6 is 11.8 Å². The van der Waals surface area contributed by atoms with Gasteiger partial charge < -0.3 is 4.90 Å². The summed E-state index contributed by atoms with van der Waals surface area (Å²) >= 11 is 1.26. The second-order valence-electron chi connectivity index (χ2n) is 7.37. The van der Waals surface area contributed by atoms with Crippen LogP contribution in [0.15, 0.2) is 90.1 Å². The number of hydrogen-bond donors (Lipinski definition) is 1. The van der Waals surface area contributed by atoms with Gasteiger partial charge in [0, 0.05) is 13.1 Å². The highest BCUT2D eigenvalue weighted by atomic mass is 32.2. The van der Waals surface area contributed by atoms with Crippen molar-refractivity contribution < 1.29 is 9.18 Å². The van der Waals surface area contributed by atoms with E-state index in [9.17, 15) is 9.18 Å². The highest BCUT2D eigenvalue weighted by Gasteiger charge is 2.24. The van der Waals surface area contributed by atoms with Crippen molar-refractivity contribution in [2.24, 2.45) is 0 Å². The molecule has 0 aliphatic carbocycles. The van der Waals surface area contributed by atoms with Crippen molar-refractivity contribution in [1.29, 1.82) is 0 Å². The number of aromatic amines is 1. The normalized spacial score (nSPS) is 11.8. The van der Waals surface area contributed by atoms with E-state index in [2.05, 4.69) is 15.2 Å². The van der Waals surface area contributed by atoms with Crippen molar-refractivity contribution >= 4 is 17.7 Å². The largest absolute Gasteiger partial charge is 0.333 e. The lowest BCUT2D eigenvalue weighted by molar-refractivity contribution is -0.131. The van der Waals surface area contributed by atoms with E-state index < -0.39 is 5.25 Å². The maximum atomic E-state index is 14.0. The zero-order valence-electron chi connectivity index (χ0n) is 17.6. The topological polar surface area (TPSA) is 61.9 Å². The summed E-state index contributed by atoms with van der Waals surface area (Å²) in [4.78, 5) is 19.6. The van der Waals surface area contributed by atoms with Crippen molar-refractivity contribution in [2.75, 3.05) is 0 Å². The van der Waals surface area contributed by atoms with Crippen LogP contribution in [0.2, 0.25) is 0 Å². The minimum atomic E-state index is -0.410. The molecule has 1 N–H and O–H groups in total. The Morgan fingerprint density at radius 2 is 1.50 bits per heavy atom. The average Bonchev–Trinajstić information content (AvgIpc) is 3.28. The first kappa shape index (κ1) is 21.8. The maximum Gasteiger partial charge on any atom is 0.236 e. The van der Waals surface area contributed by atoms with Gasteiger partial charge in [0.1, 0.15) is 5.82 Å². The summed E-state index contributed by atoms with van der Waals surface area (Å²) in [7, 11) is 0. The molecule has 0 aliphatic rings. The lowest BCUT2D eigenvalue weighted by atomic mass is 10.1. The fourth-order valence-corrected chi connectivity index (χ4v) is 4.17. The molecule has 0 radical (unpaired) electrons. The van der Waals surface area contributed by atoms with E-state index in [4.69, 9.17) is 0 Å². The van der Waals surface area contributed by atoms with Crippen LogP contribution in [0, 0.1) is 5.82 Å². The lowest BCUT2D eigenvalue weighted by Gasteiger charge is -2.25. The zero-order chi connectivity index (χ0) is 22.3. The molecular weight excluding hydrogens is 423 g/mol. The quantitative estimate of drug-likeness (QED) is 0.372. The number of halogens is 1. The predicted octanol–water partition coefficient (Wildman–Crippen LogP) is 5.32. The Labute approximate surface area is 190 Å². The molecule has 1 aromatic heterocycles. The molecule has 1 unspecified atom stereocenters. The Morgan fingerprint density at radius 1 is 0.938 bits per heavy atom. The minimum Gasteiger partial charge on any atom is -0.333 e. The van der Waals surface area contributed by atoms with Crippen LogP contribution in [-0.4, -0.2) is 31.2 Å². The molecule has 0 saturated heterocycles. The van der Waals surface area contributed by atoms with E-state index in [0.717, 1.165) is 11.1 Å². The third kappa shape index (κ3) is 5.42. The molecule has 5 nitrogen and oxygen atoms in total. The van der Waals surface area contributed by atoms with Crippen LogP contribution in [0.25, 0.3) is 11.4 Å². The van der Waals surface area contributed by atoms with Crippen molar-refractivity contribution in [3.05, 3.63) is 102 Å². The molecular formula is C25H23FN4OS. The molecule has 7 heteroatoms. The first-order valence-corrected chi connectivity index (χ1v) is 11.2. The molecule has 4 aromatic rings. The third-order valence-corrected chi connectivity index (χ3v) is 5.92. The number of H-pyrrole nitrogens is 1. The molecule has 162 valence electrons. The third-order valence-electron chi connectivity index (χ3n) is 4.97. The van der Waals surface area contributed by atoms with E-state index in [1.165, 1.54) is 17.8 Å². The summed E-state index contributed by atoms with van der Waals surface area (Å²) in [6, 6.07) is 26.2. The Bertz CT molecular complexity index is 1130. The smallest absolute Gasteiger partial charge is 0.236 e. The molecule has 32 heavy (non-hydrogen) atoms. The van der Waals surface area contributed by atoms with Crippen LogP contribution in [0.4, 0.5) is 4.39 Å². The molecule has 0 aliphatic heterocycles. The van der Waals surface area contributed by atoms with Gasteiger partial charge in [-0.1, -0.05) is 84.6 Å². The zero-order valence-corrected chi connectivity index (χ0v) is 18.4. The monoisotopic (exact) mass is 446 g/mol. The molecule has 0 saturated carbocycles. The molecule has 0 bridgehead atoms. The number of hydrogen-bond acceptors (Lipinski definition) is 4. The van der Waals surface area contributed by atoms with Crippen molar-refractivity contribution in [1.82, 2.24) is 20.1 Å². The van der Waals surface area contributed by atoms with Gasteiger partial charge in [0.15, 0.2) is 5.82 Å². The fraction of sp³-hybridized carbons (Fsp3) is 0.160. The van der Waals surface area contributed by atoms with Crippen LogP contribution in [-0.2, 0) is 17.9 Å². The first-order valence-electron chi connectivity index (χ1n) is 10.3. The number of carbonyl (C=O) groups is 1. The Morgan fingerprint density at radius 3 is 2.09 bits per heavy atom. The summed E-state index contributed by atoms with van der Waals surface area (Å²) < 4.78 is 14.0. The van der Waals surface area contributed by atoms with Gasteiger partial charge in [0.25, 0.3) is 0 Å². The highest BCUT2D eigenvalue weighted by molar-refractivity contribution is 8.00. The maximum absolute atomic E-state index is 14.0. The molecule has 3 aromatic carbocycles. The van der Waals surface area contributed by atoms with Crippen LogP contribution in [0.3, 0.4) is 0 Å². The van der Waals surface area contributed by atoms with E-state index in [-0.39, 0.29) is 11.7 Å². The number of benzene rings is 3. The number of amides is 1. The number of aromatic nitrogens is 3. The Kier molecular flexibility index (Phi) is 6.97. The van der Waals surface area contributed by atoms with Gasteiger partial charge in [-0.05, 0) is 30.2 Å². The summed E-state index contributed by atoms with van der Waals surface area (Å²) in [5, 5.41) is 6.94. The number of thioether (sulfide) groups is 1. The first-order chi connectivity index (χ1) is 15.6. The predicted molar refractivity (Wildman–Crippen MR) is 124 cm³/mol. The van der Waals surface area contributed by atoms with Crippen LogP contribution in [0.5, 0.6) is 0 Å². The molecule has 4 rings (SSSR count). The van der Waals surface area contributed by atoms with Gasteiger partial charge in [0.05, 0.1) is 10.8 Å². The summed E-state index contributed by atoms with van der Waals surface area (Å²) in [6.45, 7) is 2.86. The standard InChI is InChI=1S/C25H23FN4OS/c1-18(32-25-27-23(28-29-25)21-14-8-9-15-22(21)26)24(31)30(16-19-10-4-2-5-11-19)17-20-12-6-3-7-13-20/h2-15,18H,16-17H2,1H3,(H,27,28,29). The number of rotatable bonds is 8. The number of carbonyl (C=O) groups excluding carboxylic acids is 1. The second kappa shape index (κ2) is 10.2. The van der Waals surface area contributed by atoms with Gasteiger partial charge >= 0.3 is 0 Å². The molecule has 1 heterocycles. The molecule has 0 fully saturated rings. The van der Waals surface area contributed by atoms with Crippen molar-refractivity contribution in [3.63, 3.8) is 0 Å². The number of nitrogens with zero attached hydrogens (tertiary/aromatic N) is 3. The minimum absolute atomic E-state index is 0.0139. The Hall–Kier alpha value is -3.45. The van der Waals surface area contributed by atoms with Gasteiger partial charge in [-0.15, -0.1) is 5.10 Å². The van der Waals surface area contributed by atoms with E-state index in [0.29, 0.717) is 29.6 Å². The summed E-state index contributed by atoms with van der Waals surface area (Å²) in [6.07, 6.45) is 0. The average molecular weight is 447 g/mol. The van der Waals surface area contributed by atoms with E-state index in [1.54, 1.807) is 18.2 Å².